The number of halogens is 2. The van der Waals surface area contributed by atoms with Crippen LogP contribution in [0.25, 0.3) is 21.6 Å². The molecule has 0 aliphatic carbocycles. The van der Waals surface area contributed by atoms with Gasteiger partial charge in [0.25, 0.3) is 0 Å². The molecule has 0 aliphatic rings. The number of aromatic amines is 1. The number of hydrogen-bond donors (Lipinski definition) is 2. The summed E-state index contributed by atoms with van der Waals surface area (Å²) in [4.78, 5) is 26.6. The number of rotatable bonds is 16. The Morgan fingerprint density at radius 2 is 1.98 bits per heavy atom. The van der Waals surface area contributed by atoms with Crippen LogP contribution in [0.1, 0.15) is 63.8 Å². The van der Waals surface area contributed by atoms with E-state index in [2.05, 4.69) is 76.3 Å². The first-order chi connectivity index (χ1) is 23.4. The number of H-pyrrole nitrogens is 1. The SMILES string of the molecule is COC(=O)C(C)Cc1cccc(C(C)(CCCC(C)(C)CSCCO)c2csc(-c3cc(Sc4c(F)cc5[nH]ccc5c4Br)ccn3)n2)c1. The maximum Gasteiger partial charge on any atom is 0.308 e. The number of aromatic nitrogens is 3. The van der Waals surface area contributed by atoms with Crippen molar-refractivity contribution >= 4 is 67.7 Å². The standard InChI is InChI=1S/C38H43BrFN3O3S3/c1-24(36(45)46-5)18-25-8-6-9-26(19-25)38(4,13-7-12-37(2,3)23-47-17-16-44)32-22-48-35(43-32)31-20-27(10-14-42-31)49-34-29(40)21-30-28(33(34)39)11-15-41-30/h6,8-11,14-15,19-22,24,41,44H,7,12-13,16-18,23H2,1-5H3. The molecule has 3 heterocycles. The number of carbonyl (C=O) groups excluding carboxylic acids is 1. The van der Waals surface area contributed by atoms with Crippen LogP contribution in [-0.4, -0.2) is 51.3 Å². The lowest BCUT2D eigenvalue weighted by atomic mass is 9.74. The van der Waals surface area contributed by atoms with Crippen molar-refractivity contribution in [3.63, 3.8) is 0 Å². The number of thiazole rings is 1. The largest absolute Gasteiger partial charge is 0.469 e. The van der Waals surface area contributed by atoms with E-state index in [4.69, 9.17) is 9.72 Å². The lowest BCUT2D eigenvalue weighted by molar-refractivity contribution is -0.144. The van der Waals surface area contributed by atoms with Crippen LogP contribution in [0.15, 0.2) is 80.6 Å². The number of esters is 1. The normalized spacial score (nSPS) is 13.8. The van der Waals surface area contributed by atoms with Crippen LogP contribution in [0.4, 0.5) is 4.39 Å². The van der Waals surface area contributed by atoms with Crippen molar-refractivity contribution < 1.29 is 19.0 Å². The molecule has 5 rings (SSSR count). The minimum atomic E-state index is -0.389. The first-order valence-electron chi connectivity index (χ1n) is 16.4. The van der Waals surface area contributed by atoms with E-state index in [1.54, 1.807) is 35.5 Å². The zero-order chi connectivity index (χ0) is 35.2. The monoisotopic (exact) mass is 783 g/mol. The molecule has 0 bridgehead atoms. The molecule has 0 spiro atoms. The van der Waals surface area contributed by atoms with Gasteiger partial charge in [-0.15, -0.1) is 11.3 Å². The number of thioether (sulfide) groups is 1. The fourth-order valence-electron chi connectivity index (χ4n) is 6.07. The molecule has 0 aliphatic heterocycles. The maximum atomic E-state index is 15.1. The van der Waals surface area contributed by atoms with Gasteiger partial charge in [0.05, 0.1) is 35.9 Å². The van der Waals surface area contributed by atoms with E-state index in [-0.39, 0.29) is 35.1 Å². The third-order valence-corrected chi connectivity index (χ3v) is 13.4. The first-order valence-corrected chi connectivity index (χ1v) is 20.0. The van der Waals surface area contributed by atoms with Crippen molar-refractivity contribution in [3.05, 3.63) is 93.4 Å². The minimum Gasteiger partial charge on any atom is -0.469 e. The van der Waals surface area contributed by atoms with Gasteiger partial charge in [-0.25, -0.2) is 9.37 Å². The third-order valence-electron chi connectivity index (χ3n) is 8.91. The van der Waals surface area contributed by atoms with Crippen LogP contribution in [0, 0.1) is 17.2 Å². The second-order valence-electron chi connectivity index (χ2n) is 13.4. The van der Waals surface area contributed by atoms with Crippen LogP contribution >= 0.6 is 50.8 Å². The molecule has 0 fully saturated rings. The number of ether oxygens (including phenoxy) is 1. The van der Waals surface area contributed by atoms with Crippen LogP contribution in [0.2, 0.25) is 0 Å². The molecule has 6 nitrogen and oxygen atoms in total. The molecule has 3 aromatic heterocycles. The quantitative estimate of drug-likeness (QED) is 0.0761. The number of benzene rings is 2. The highest BCUT2D eigenvalue weighted by Crippen LogP contribution is 2.43. The Balaban J connectivity index is 1.43. The first kappa shape index (κ1) is 37.6. The number of nitrogens with zero attached hydrogens (tertiary/aromatic N) is 2. The molecule has 260 valence electrons. The van der Waals surface area contributed by atoms with Gasteiger partial charge in [0, 0.05) is 49.2 Å². The van der Waals surface area contributed by atoms with Crippen molar-refractivity contribution in [3.8, 4) is 10.7 Å². The van der Waals surface area contributed by atoms with E-state index in [1.807, 2.05) is 25.1 Å². The summed E-state index contributed by atoms with van der Waals surface area (Å²) in [5.74, 6) is 0.986. The summed E-state index contributed by atoms with van der Waals surface area (Å²) in [7, 11) is 1.43. The number of pyridine rings is 1. The van der Waals surface area contributed by atoms with E-state index >= 15 is 4.39 Å². The smallest absolute Gasteiger partial charge is 0.308 e. The van der Waals surface area contributed by atoms with Crippen LogP contribution in [0.5, 0.6) is 0 Å². The Kier molecular flexibility index (Phi) is 12.7. The van der Waals surface area contributed by atoms with Gasteiger partial charge in [0.2, 0.25) is 0 Å². The predicted molar refractivity (Wildman–Crippen MR) is 205 cm³/mol. The molecule has 2 atom stereocenters. The van der Waals surface area contributed by atoms with E-state index in [1.165, 1.54) is 24.9 Å². The fraction of sp³-hybridized carbons (Fsp3) is 0.395. The second-order valence-corrected chi connectivity index (χ2v) is 17.3. The highest BCUT2D eigenvalue weighted by atomic mass is 79.9. The van der Waals surface area contributed by atoms with Gasteiger partial charge in [0.1, 0.15) is 10.8 Å². The van der Waals surface area contributed by atoms with E-state index in [9.17, 15) is 9.90 Å². The number of aliphatic hydroxyl groups excluding tert-OH is 1. The van der Waals surface area contributed by atoms with Gasteiger partial charge in [-0.05, 0) is 88.7 Å². The second kappa shape index (κ2) is 16.5. The molecule has 0 saturated heterocycles. The Hall–Kier alpha value is -2.70. The van der Waals surface area contributed by atoms with Crippen molar-refractivity contribution in [2.24, 2.45) is 11.3 Å². The van der Waals surface area contributed by atoms with Gasteiger partial charge in [-0.1, -0.05) is 63.2 Å². The predicted octanol–water partition coefficient (Wildman–Crippen LogP) is 10.3. The summed E-state index contributed by atoms with van der Waals surface area (Å²) >= 11 is 8.34. The highest BCUT2D eigenvalue weighted by Gasteiger charge is 2.33. The third kappa shape index (κ3) is 9.16. The molecule has 2 N–H and O–H groups in total. The summed E-state index contributed by atoms with van der Waals surface area (Å²) in [6.07, 6.45) is 7.07. The zero-order valence-electron chi connectivity index (χ0n) is 28.5. The number of hydrogen-bond acceptors (Lipinski definition) is 8. The van der Waals surface area contributed by atoms with Gasteiger partial charge in [-0.3, -0.25) is 9.78 Å². The fourth-order valence-corrected chi connectivity index (χ4v) is 9.62. The van der Waals surface area contributed by atoms with Crippen molar-refractivity contribution in [1.29, 1.82) is 0 Å². The lowest BCUT2D eigenvalue weighted by Crippen LogP contribution is -2.26. The van der Waals surface area contributed by atoms with Crippen molar-refractivity contribution in [1.82, 2.24) is 15.0 Å². The summed E-state index contributed by atoms with van der Waals surface area (Å²) in [6, 6.07) is 15.8. The molecular weight excluding hydrogens is 742 g/mol. The van der Waals surface area contributed by atoms with Crippen LogP contribution < -0.4 is 0 Å². The molecule has 2 unspecified atom stereocenters. The topological polar surface area (TPSA) is 88.1 Å². The highest BCUT2D eigenvalue weighted by molar-refractivity contribution is 9.10. The molecule has 5 aromatic rings. The summed E-state index contributed by atoms with van der Waals surface area (Å²) in [5.41, 5.74) is 4.45. The van der Waals surface area contributed by atoms with Crippen LogP contribution in [-0.2, 0) is 21.4 Å². The van der Waals surface area contributed by atoms with E-state index in [0.29, 0.717) is 11.3 Å². The van der Waals surface area contributed by atoms with Gasteiger partial charge in [-0.2, -0.15) is 11.8 Å². The maximum absolute atomic E-state index is 15.1. The number of methoxy groups -OCH3 is 1. The zero-order valence-corrected chi connectivity index (χ0v) is 32.6. The number of fused-ring (bicyclic) bond motifs is 1. The molecule has 11 heteroatoms. The van der Waals surface area contributed by atoms with Gasteiger partial charge < -0.3 is 14.8 Å². The summed E-state index contributed by atoms with van der Waals surface area (Å²) < 4.78 is 20.9. The molecule has 0 radical (unpaired) electrons. The van der Waals surface area contributed by atoms with E-state index < -0.39 is 0 Å². The number of nitrogens with one attached hydrogen (secondary N) is 1. The lowest BCUT2D eigenvalue weighted by Gasteiger charge is -2.32. The molecule has 2 aromatic carbocycles. The average Bonchev–Trinajstić information content (AvgIpc) is 3.77. The number of carbonyl (C=O) groups is 1. The molecule has 0 saturated carbocycles. The Morgan fingerprint density at radius 3 is 2.76 bits per heavy atom. The van der Waals surface area contributed by atoms with E-state index in [0.717, 1.165) is 78.6 Å². The molecular formula is C38H43BrFN3O3S3. The van der Waals surface area contributed by atoms with Crippen molar-refractivity contribution in [2.45, 2.75) is 68.6 Å². The van der Waals surface area contributed by atoms with Gasteiger partial charge >= 0.3 is 5.97 Å². The molecule has 0 amide bonds. The summed E-state index contributed by atoms with van der Waals surface area (Å²) in [6.45, 7) is 8.94. The summed E-state index contributed by atoms with van der Waals surface area (Å²) in [5, 5.41) is 13.1. The number of aliphatic hydroxyl groups is 1. The Labute approximate surface area is 309 Å². The van der Waals surface area contributed by atoms with Crippen LogP contribution in [0.3, 0.4) is 0 Å². The minimum absolute atomic E-state index is 0.133. The van der Waals surface area contributed by atoms with Gasteiger partial charge in [0.15, 0.2) is 0 Å². The molecule has 49 heavy (non-hydrogen) atoms. The average molecular weight is 785 g/mol. The Morgan fingerprint density at radius 1 is 1.16 bits per heavy atom. The van der Waals surface area contributed by atoms with Crippen molar-refractivity contribution in [2.75, 3.05) is 25.2 Å². The Bertz CT molecular complexity index is 1890.